The van der Waals surface area contributed by atoms with Crippen molar-refractivity contribution in [3.63, 3.8) is 0 Å². The summed E-state index contributed by atoms with van der Waals surface area (Å²) in [5.74, 6) is -1.51. The summed E-state index contributed by atoms with van der Waals surface area (Å²) in [6, 6.07) is 13.8. The number of nitrogens with zero attached hydrogens (tertiary/aromatic N) is 1. The fourth-order valence-corrected chi connectivity index (χ4v) is 6.25. The Morgan fingerprint density at radius 1 is 1.19 bits per heavy atom. The Kier molecular flexibility index (Phi) is 6.11. The molecule has 2 aliphatic rings. The van der Waals surface area contributed by atoms with Gasteiger partial charge in [-0.3, -0.25) is 4.79 Å². The van der Waals surface area contributed by atoms with Crippen LogP contribution in [-0.2, 0) is 14.8 Å². The molecule has 0 amide bonds. The molecule has 1 aliphatic carbocycles. The number of benzene rings is 2. The molecule has 1 saturated carbocycles. The summed E-state index contributed by atoms with van der Waals surface area (Å²) in [6.45, 7) is 6.80. The van der Waals surface area contributed by atoms with Gasteiger partial charge in [-0.15, -0.1) is 0 Å². The van der Waals surface area contributed by atoms with E-state index in [0.29, 0.717) is 17.9 Å². The van der Waals surface area contributed by atoms with E-state index >= 15 is 0 Å². The van der Waals surface area contributed by atoms with Gasteiger partial charge in [0.1, 0.15) is 11.3 Å². The highest BCUT2D eigenvalue weighted by molar-refractivity contribution is 7.89. The molecular weight excluding hydrogens is 428 g/mol. The fourth-order valence-electron chi connectivity index (χ4n) is 4.62. The maximum atomic E-state index is 13.4. The molecule has 0 aromatic heterocycles. The van der Waals surface area contributed by atoms with Crippen LogP contribution < -0.4 is 9.46 Å². The van der Waals surface area contributed by atoms with Gasteiger partial charge in [0, 0.05) is 23.9 Å². The van der Waals surface area contributed by atoms with E-state index in [-0.39, 0.29) is 11.5 Å². The molecule has 2 aromatic rings. The number of likely N-dealkylation sites (N-methyl/N-ethyl adjacent to an activating group) is 1. The van der Waals surface area contributed by atoms with Gasteiger partial charge < -0.3 is 14.7 Å². The smallest absolute Gasteiger partial charge is 0.326 e. The molecule has 1 aliphatic heterocycles. The number of carboxylic acid groups (broad SMARTS) is 1. The van der Waals surface area contributed by atoms with Gasteiger partial charge in [-0.05, 0) is 30.8 Å². The van der Waals surface area contributed by atoms with Crippen LogP contribution in [0.15, 0.2) is 59.5 Å². The molecule has 1 fully saturated rings. The van der Waals surface area contributed by atoms with Gasteiger partial charge in [0.05, 0.1) is 11.5 Å². The van der Waals surface area contributed by atoms with Crippen molar-refractivity contribution in [1.29, 1.82) is 0 Å². The van der Waals surface area contributed by atoms with Crippen molar-refractivity contribution in [3.05, 3.63) is 65.7 Å². The zero-order valence-corrected chi connectivity index (χ0v) is 19.0. The zero-order chi connectivity index (χ0) is 22.9. The second-order valence-electron chi connectivity index (χ2n) is 8.14. The molecule has 0 spiro atoms. The van der Waals surface area contributed by atoms with Crippen molar-refractivity contribution < 1.29 is 23.1 Å². The SMILES string of the molecule is CCN(CC)C/C=C\c1ccccc1S(=O)(=O)NC1(C(=O)O)[C@@H]2COc3ccccc3[C@H]21. The topological polar surface area (TPSA) is 95.9 Å². The van der Waals surface area contributed by atoms with Gasteiger partial charge in [0.2, 0.25) is 10.0 Å². The predicted octanol–water partition coefficient (Wildman–Crippen LogP) is 2.95. The fraction of sp³-hybridized carbons (Fsp3) is 0.375. The second-order valence-corrected chi connectivity index (χ2v) is 9.79. The van der Waals surface area contributed by atoms with Gasteiger partial charge in [-0.2, -0.15) is 4.72 Å². The summed E-state index contributed by atoms with van der Waals surface area (Å²) < 4.78 is 35.1. The molecule has 4 rings (SSSR count). The highest BCUT2D eigenvalue weighted by Crippen LogP contribution is 2.62. The molecule has 2 N–H and O–H groups in total. The Labute approximate surface area is 188 Å². The van der Waals surface area contributed by atoms with Crippen LogP contribution in [0.4, 0.5) is 0 Å². The van der Waals surface area contributed by atoms with E-state index in [1.807, 2.05) is 12.1 Å². The number of carboxylic acids is 1. The lowest BCUT2D eigenvalue weighted by molar-refractivity contribution is -0.140. The molecular formula is C24H28N2O5S. The van der Waals surface area contributed by atoms with Crippen LogP contribution in [0.25, 0.3) is 6.08 Å². The second kappa shape index (κ2) is 8.69. The Hall–Kier alpha value is -2.68. The number of ether oxygens (including phenoxy) is 1. The number of nitrogens with one attached hydrogen (secondary N) is 1. The lowest BCUT2D eigenvalue weighted by Gasteiger charge is -2.17. The van der Waals surface area contributed by atoms with Crippen LogP contribution in [-0.4, -0.2) is 56.2 Å². The summed E-state index contributed by atoms with van der Waals surface area (Å²) >= 11 is 0. The third-order valence-electron chi connectivity index (χ3n) is 6.46. The van der Waals surface area contributed by atoms with Crippen LogP contribution in [0.3, 0.4) is 0 Å². The van der Waals surface area contributed by atoms with Crippen LogP contribution in [0, 0.1) is 5.92 Å². The lowest BCUT2D eigenvalue weighted by atomic mass is 10.0. The highest BCUT2D eigenvalue weighted by Gasteiger charge is 2.74. The molecule has 0 bridgehead atoms. The lowest BCUT2D eigenvalue weighted by Crippen LogP contribution is -2.46. The summed E-state index contributed by atoms with van der Waals surface area (Å²) in [6.07, 6.45) is 3.70. The monoisotopic (exact) mass is 456 g/mol. The van der Waals surface area contributed by atoms with Gasteiger partial charge in [-0.1, -0.05) is 62.4 Å². The first-order chi connectivity index (χ1) is 15.3. The van der Waals surface area contributed by atoms with Gasteiger partial charge in [0.25, 0.3) is 0 Å². The van der Waals surface area contributed by atoms with E-state index in [9.17, 15) is 18.3 Å². The molecule has 3 atom stereocenters. The van der Waals surface area contributed by atoms with E-state index in [0.717, 1.165) is 18.7 Å². The Bertz CT molecular complexity index is 1140. The van der Waals surface area contributed by atoms with Crippen molar-refractivity contribution in [2.75, 3.05) is 26.2 Å². The number of fused-ring (bicyclic) bond motifs is 3. The van der Waals surface area contributed by atoms with Gasteiger partial charge >= 0.3 is 5.97 Å². The zero-order valence-electron chi connectivity index (χ0n) is 18.2. The highest BCUT2D eigenvalue weighted by atomic mass is 32.2. The summed E-state index contributed by atoms with van der Waals surface area (Å²) in [4.78, 5) is 14.6. The number of carbonyl (C=O) groups is 1. The van der Waals surface area contributed by atoms with Crippen molar-refractivity contribution in [3.8, 4) is 5.75 Å². The third kappa shape index (κ3) is 3.83. The Morgan fingerprint density at radius 2 is 1.88 bits per heavy atom. The quantitative estimate of drug-likeness (QED) is 0.602. The van der Waals surface area contributed by atoms with Gasteiger partial charge in [0.15, 0.2) is 0 Å². The number of aliphatic carboxylic acids is 1. The summed E-state index contributed by atoms with van der Waals surface area (Å²) in [5.41, 5.74) is -0.377. The summed E-state index contributed by atoms with van der Waals surface area (Å²) in [7, 11) is -4.10. The predicted molar refractivity (Wildman–Crippen MR) is 122 cm³/mol. The molecule has 0 radical (unpaired) electrons. The molecule has 1 heterocycles. The van der Waals surface area contributed by atoms with Crippen molar-refractivity contribution in [1.82, 2.24) is 9.62 Å². The van der Waals surface area contributed by atoms with Crippen molar-refractivity contribution >= 4 is 22.1 Å². The first kappa shape index (κ1) is 22.5. The molecule has 1 unspecified atom stereocenters. The van der Waals surface area contributed by atoms with Crippen LogP contribution >= 0.6 is 0 Å². The molecule has 7 nitrogen and oxygen atoms in total. The minimum Gasteiger partial charge on any atom is -0.493 e. The van der Waals surface area contributed by atoms with E-state index in [1.165, 1.54) is 6.07 Å². The molecule has 32 heavy (non-hydrogen) atoms. The van der Waals surface area contributed by atoms with E-state index in [4.69, 9.17) is 4.74 Å². The Morgan fingerprint density at radius 3 is 2.59 bits per heavy atom. The van der Waals surface area contributed by atoms with E-state index in [1.54, 1.807) is 42.5 Å². The van der Waals surface area contributed by atoms with E-state index < -0.39 is 33.4 Å². The van der Waals surface area contributed by atoms with Crippen LogP contribution in [0.1, 0.15) is 30.9 Å². The largest absolute Gasteiger partial charge is 0.493 e. The van der Waals surface area contributed by atoms with Crippen LogP contribution in [0.2, 0.25) is 0 Å². The van der Waals surface area contributed by atoms with Gasteiger partial charge in [-0.25, -0.2) is 8.42 Å². The normalized spacial score (nSPS) is 24.1. The Balaban J connectivity index is 1.64. The molecule has 8 heteroatoms. The molecule has 0 saturated heterocycles. The number of para-hydroxylation sites is 1. The third-order valence-corrected chi connectivity index (χ3v) is 8.02. The first-order valence-electron chi connectivity index (χ1n) is 10.8. The minimum absolute atomic E-state index is 0.0641. The van der Waals surface area contributed by atoms with Crippen LogP contribution in [0.5, 0.6) is 5.75 Å². The van der Waals surface area contributed by atoms with Crippen molar-refractivity contribution in [2.24, 2.45) is 5.92 Å². The minimum atomic E-state index is -4.10. The number of sulfonamides is 1. The first-order valence-corrected chi connectivity index (χ1v) is 12.3. The van der Waals surface area contributed by atoms with Crippen molar-refractivity contribution in [2.45, 2.75) is 30.2 Å². The number of hydrogen-bond donors (Lipinski definition) is 2. The average Bonchev–Trinajstić information content (AvgIpc) is 3.45. The molecule has 2 aromatic carbocycles. The van der Waals surface area contributed by atoms with E-state index in [2.05, 4.69) is 23.5 Å². The number of rotatable bonds is 9. The average molecular weight is 457 g/mol. The maximum Gasteiger partial charge on any atom is 0.326 e. The number of hydrogen-bond acceptors (Lipinski definition) is 5. The standard InChI is InChI=1S/C24H28N2O5S/c1-3-26(4-2)15-9-11-17-10-5-8-14-21(17)32(29,30)25-24(23(27)28)19-16-31-20-13-7-6-12-18(20)22(19)24/h5-14,19,22,25H,3-4,15-16H2,1-2H3,(H,27,28)/b11-9-/t19-,22-,24?/m1/s1. The molecule has 170 valence electrons. The summed E-state index contributed by atoms with van der Waals surface area (Å²) in [5, 5.41) is 10.1. The maximum absolute atomic E-state index is 13.4.